The van der Waals surface area contributed by atoms with Gasteiger partial charge in [0, 0.05) is 6.07 Å². The summed E-state index contributed by atoms with van der Waals surface area (Å²) in [7, 11) is 0. The predicted octanol–water partition coefficient (Wildman–Crippen LogP) is 3.53. The highest BCUT2D eigenvalue weighted by Gasteiger charge is 2.10. The lowest BCUT2D eigenvalue weighted by Gasteiger charge is -2.08. The third-order valence-corrected chi connectivity index (χ3v) is 3.07. The average Bonchev–Trinajstić information content (AvgIpc) is 2.45. The zero-order chi connectivity index (χ0) is 15.4. The van der Waals surface area contributed by atoms with Crippen molar-refractivity contribution in [3.8, 4) is 5.75 Å². The zero-order valence-electron chi connectivity index (χ0n) is 11.7. The van der Waals surface area contributed by atoms with Crippen molar-refractivity contribution in [3.05, 3.63) is 52.6 Å². The Morgan fingerprint density at radius 1 is 1.29 bits per heavy atom. The van der Waals surface area contributed by atoms with Gasteiger partial charge in [0.05, 0.1) is 0 Å². The first-order valence-electron chi connectivity index (χ1n) is 6.45. The molecule has 0 bridgehead atoms. The number of nitrogens with zero attached hydrogens (tertiary/aromatic N) is 2. The van der Waals surface area contributed by atoms with Crippen LogP contribution in [-0.2, 0) is 6.61 Å². The van der Waals surface area contributed by atoms with Gasteiger partial charge in [-0.1, -0.05) is 37.6 Å². The summed E-state index contributed by atoms with van der Waals surface area (Å²) in [4.78, 5) is 18.7. The van der Waals surface area contributed by atoms with Crippen LogP contribution >= 0.6 is 11.6 Å². The number of aromatic nitrogens is 2. The molecule has 21 heavy (non-hydrogen) atoms. The van der Waals surface area contributed by atoms with Crippen LogP contribution in [0.4, 0.5) is 0 Å². The van der Waals surface area contributed by atoms with E-state index in [1.54, 1.807) is 0 Å². The van der Waals surface area contributed by atoms with E-state index in [0.717, 1.165) is 0 Å². The lowest BCUT2D eigenvalue weighted by Crippen LogP contribution is -2.08. The first kappa shape index (κ1) is 15.3. The smallest absolute Gasteiger partial charge is 0.354 e. The highest BCUT2D eigenvalue weighted by atomic mass is 35.5. The second-order valence-corrected chi connectivity index (χ2v) is 5.20. The molecule has 0 unspecified atom stereocenters. The van der Waals surface area contributed by atoms with Gasteiger partial charge < -0.3 is 9.84 Å². The van der Waals surface area contributed by atoms with Gasteiger partial charge in [-0.15, -0.1) is 0 Å². The van der Waals surface area contributed by atoms with Crippen molar-refractivity contribution in [2.45, 2.75) is 26.4 Å². The van der Waals surface area contributed by atoms with Crippen molar-refractivity contribution >= 4 is 17.6 Å². The van der Waals surface area contributed by atoms with E-state index in [4.69, 9.17) is 21.4 Å². The maximum absolute atomic E-state index is 10.9. The van der Waals surface area contributed by atoms with E-state index >= 15 is 0 Å². The molecule has 0 radical (unpaired) electrons. The van der Waals surface area contributed by atoms with E-state index in [1.165, 1.54) is 11.6 Å². The van der Waals surface area contributed by atoms with E-state index in [-0.39, 0.29) is 23.3 Å². The fraction of sp³-hybridized carbons (Fsp3) is 0.267. The van der Waals surface area contributed by atoms with Gasteiger partial charge in [-0.05, 0) is 23.6 Å². The molecule has 0 aliphatic heterocycles. The summed E-state index contributed by atoms with van der Waals surface area (Å²) in [5.74, 6) is 0.197. The molecule has 2 rings (SSSR count). The molecular weight excluding hydrogens is 292 g/mol. The number of benzene rings is 1. The Morgan fingerprint density at radius 2 is 1.95 bits per heavy atom. The molecule has 0 aliphatic rings. The van der Waals surface area contributed by atoms with Gasteiger partial charge in [-0.25, -0.2) is 14.8 Å². The van der Waals surface area contributed by atoms with Crippen LogP contribution in [0.3, 0.4) is 0 Å². The Balaban J connectivity index is 2.07. The summed E-state index contributed by atoms with van der Waals surface area (Å²) in [6.45, 7) is 4.29. The largest absolute Gasteiger partial charge is 0.486 e. The molecule has 0 spiro atoms. The Hall–Kier alpha value is -2.14. The summed E-state index contributed by atoms with van der Waals surface area (Å²) >= 11 is 5.76. The Labute approximate surface area is 127 Å². The van der Waals surface area contributed by atoms with Gasteiger partial charge in [-0.3, -0.25) is 0 Å². The molecule has 0 amide bonds. The number of ether oxygens (including phenoxy) is 1. The number of hydrogen-bond acceptors (Lipinski definition) is 4. The minimum atomic E-state index is -1.15. The normalized spacial score (nSPS) is 10.7. The molecule has 6 heteroatoms. The Kier molecular flexibility index (Phi) is 4.75. The fourth-order valence-electron chi connectivity index (χ4n) is 1.74. The van der Waals surface area contributed by atoms with Gasteiger partial charge in [0.15, 0.2) is 11.5 Å². The minimum Gasteiger partial charge on any atom is -0.486 e. The SMILES string of the molecule is CC(C)c1ccc(OCc2nc(Cl)cc(C(=O)O)n2)cc1. The standard InChI is InChI=1S/C15H15ClN2O3/c1-9(2)10-3-5-11(6-4-10)21-8-14-17-12(15(19)20)7-13(16)18-14/h3-7,9H,8H2,1-2H3,(H,19,20). The monoisotopic (exact) mass is 306 g/mol. The number of carboxylic acids is 1. The Morgan fingerprint density at radius 3 is 2.52 bits per heavy atom. The molecule has 5 nitrogen and oxygen atoms in total. The van der Waals surface area contributed by atoms with E-state index in [1.807, 2.05) is 24.3 Å². The molecule has 0 saturated carbocycles. The third-order valence-electron chi connectivity index (χ3n) is 2.88. The summed E-state index contributed by atoms with van der Waals surface area (Å²) in [5.41, 5.74) is 1.07. The first-order valence-corrected chi connectivity index (χ1v) is 6.83. The van der Waals surface area contributed by atoms with Crippen LogP contribution in [0.5, 0.6) is 5.75 Å². The third kappa shape index (κ3) is 4.16. The van der Waals surface area contributed by atoms with Crippen LogP contribution in [0, 0.1) is 0 Å². The van der Waals surface area contributed by atoms with Gasteiger partial charge in [0.25, 0.3) is 0 Å². The van der Waals surface area contributed by atoms with Gasteiger partial charge in [0.1, 0.15) is 17.5 Å². The topological polar surface area (TPSA) is 72.3 Å². The number of carboxylic acid groups (broad SMARTS) is 1. The summed E-state index contributed by atoms with van der Waals surface area (Å²) in [6.07, 6.45) is 0. The van der Waals surface area contributed by atoms with E-state index in [9.17, 15) is 4.79 Å². The number of carbonyl (C=O) groups is 1. The molecule has 1 aromatic heterocycles. The quantitative estimate of drug-likeness (QED) is 0.855. The van der Waals surface area contributed by atoms with E-state index in [2.05, 4.69) is 23.8 Å². The maximum atomic E-state index is 10.9. The van der Waals surface area contributed by atoms with Crippen LogP contribution in [0.2, 0.25) is 5.15 Å². The minimum absolute atomic E-state index is 0.0574. The number of halogens is 1. The molecule has 0 atom stereocenters. The van der Waals surface area contributed by atoms with Crippen molar-refractivity contribution in [1.29, 1.82) is 0 Å². The van der Waals surface area contributed by atoms with E-state index < -0.39 is 5.97 Å². The van der Waals surface area contributed by atoms with Crippen molar-refractivity contribution in [2.24, 2.45) is 0 Å². The molecule has 0 saturated heterocycles. The molecule has 2 aromatic rings. The Bertz CT molecular complexity index is 642. The lowest BCUT2D eigenvalue weighted by molar-refractivity contribution is 0.0689. The van der Waals surface area contributed by atoms with Gasteiger partial charge in [-0.2, -0.15) is 0 Å². The molecule has 1 N–H and O–H groups in total. The fourth-order valence-corrected chi connectivity index (χ4v) is 1.94. The van der Waals surface area contributed by atoms with Crippen LogP contribution < -0.4 is 4.74 Å². The lowest BCUT2D eigenvalue weighted by atomic mass is 10.0. The van der Waals surface area contributed by atoms with Gasteiger partial charge in [0.2, 0.25) is 0 Å². The van der Waals surface area contributed by atoms with E-state index in [0.29, 0.717) is 11.7 Å². The number of hydrogen-bond donors (Lipinski definition) is 1. The summed E-state index contributed by atoms with van der Waals surface area (Å²) < 4.78 is 5.54. The number of rotatable bonds is 5. The number of aromatic carboxylic acids is 1. The van der Waals surface area contributed by atoms with Crippen molar-refractivity contribution in [2.75, 3.05) is 0 Å². The average molecular weight is 307 g/mol. The second-order valence-electron chi connectivity index (χ2n) is 4.81. The van der Waals surface area contributed by atoms with Crippen molar-refractivity contribution in [3.63, 3.8) is 0 Å². The zero-order valence-corrected chi connectivity index (χ0v) is 12.5. The maximum Gasteiger partial charge on any atom is 0.354 e. The van der Waals surface area contributed by atoms with Crippen LogP contribution in [0.25, 0.3) is 0 Å². The molecule has 110 valence electrons. The summed E-state index contributed by atoms with van der Waals surface area (Å²) in [5, 5.41) is 8.99. The summed E-state index contributed by atoms with van der Waals surface area (Å²) in [6, 6.07) is 8.89. The molecule has 1 aromatic carbocycles. The second kappa shape index (κ2) is 6.54. The predicted molar refractivity (Wildman–Crippen MR) is 78.9 cm³/mol. The first-order chi connectivity index (χ1) is 9.95. The van der Waals surface area contributed by atoms with Crippen molar-refractivity contribution < 1.29 is 14.6 Å². The van der Waals surface area contributed by atoms with Crippen LogP contribution in [-0.4, -0.2) is 21.0 Å². The van der Waals surface area contributed by atoms with Crippen LogP contribution in [0.1, 0.15) is 41.6 Å². The van der Waals surface area contributed by atoms with Crippen LogP contribution in [0.15, 0.2) is 30.3 Å². The highest BCUT2D eigenvalue weighted by Crippen LogP contribution is 2.19. The van der Waals surface area contributed by atoms with Gasteiger partial charge >= 0.3 is 5.97 Å². The molecule has 0 aliphatic carbocycles. The van der Waals surface area contributed by atoms with Crippen molar-refractivity contribution in [1.82, 2.24) is 9.97 Å². The molecular formula is C15H15ClN2O3. The molecule has 1 heterocycles. The molecule has 0 fully saturated rings. The highest BCUT2D eigenvalue weighted by molar-refractivity contribution is 6.29.